The van der Waals surface area contributed by atoms with Gasteiger partial charge in [0.25, 0.3) is 0 Å². The highest BCUT2D eigenvalue weighted by atomic mass is 35.5. The Hall–Kier alpha value is -1.88. The fourth-order valence-corrected chi connectivity index (χ4v) is 2.01. The lowest BCUT2D eigenvalue weighted by Crippen LogP contribution is -2.07. The number of carboxylic acids is 1. The van der Waals surface area contributed by atoms with Crippen LogP contribution in [0.4, 0.5) is 0 Å². The van der Waals surface area contributed by atoms with Gasteiger partial charge in [0.15, 0.2) is 0 Å². The molecule has 0 saturated carbocycles. The predicted octanol–water partition coefficient (Wildman–Crippen LogP) is 2.55. The first kappa shape index (κ1) is 13.5. The SMILES string of the molecule is Cc1nc(CCC(=O)O)n(-c2cc(Cl)ccc2C)n1. The highest BCUT2D eigenvalue weighted by molar-refractivity contribution is 6.30. The molecule has 1 aromatic carbocycles. The Bertz CT molecular complexity index is 622. The minimum absolute atomic E-state index is 0.0255. The number of aliphatic carboxylic acids is 1. The minimum Gasteiger partial charge on any atom is -0.481 e. The van der Waals surface area contributed by atoms with Gasteiger partial charge in [0.1, 0.15) is 11.6 Å². The number of nitrogens with zero attached hydrogens (tertiary/aromatic N) is 3. The molecule has 5 nitrogen and oxygen atoms in total. The third-order valence-corrected chi connectivity index (χ3v) is 2.98. The minimum atomic E-state index is -0.852. The largest absolute Gasteiger partial charge is 0.481 e. The summed E-state index contributed by atoms with van der Waals surface area (Å²) in [6.45, 7) is 3.73. The summed E-state index contributed by atoms with van der Waals surface area (Å²) in [5.41, 5.74) is 1.83. The summed E-state index contributed by atoms with van der Waals surface area (Å²) >= 11 is 6.00. The normalized spacial score (nSPS) is 10.7. The molecule has 0 fully saturated rings. The van der Waals surface area contributed by atoms with Crippen LogP contribution >= 0.6 is 11.6 Å². The van der Waals surface area contributed by atoms with E-state index in [1.54, 1.807) is 23.7 Å². The van der Waals surface area contributed by atoms with Crippen molar-refractivity contribution < 1.29 is 9.90 Å². The lowest BCUT2D eigenvalue weighted by atomic mass is 10.2. The summed E-state index contributed by atoms with van der Waals surface area (Å²) in [6, 6.07) is 5.51. The number of hydrogen-bond acceptors (Lipinski definition) is 3. The second kappa shape index (κ2) is 5.40. The molecule has 2 rings (SSSR count). The van der Waals surface area contributed by atoms with Gasteiger partial charge in [-0.2, -0.15) is 5.10 Å². The second-order valence-corrected chi connectivity index (χ2v) is 4.75. The van der Waals surface area contributed by atoms with E-state index in [0.29, 0.717) is 23.1 Å². The molecule has 0 radical (unpaired) electrons. The van der Waals surface area contributed by atoms with E-state index < -0.39 is 5.97 Å². The second-order valence-electron chi connectivity index (χ2n) is 4.31. The van der Waals surface area contributed by atoms with Crippen LogP contribution in [0, 0.1) is 13.8 Å². The van der Waals surface area contributed by atoms with E-state index in [1.807, 2.05) is 13.0 Å². The molecule has 0 saturated heterocycles. The Morgan fingerprint density at radius 2 is 2.16 bits per heavy atom. The van der Waals surface area contributed by atoms with E-state index in [2.05, 4.69) is 10.1 Å². The maximum Gasteiger partial charge on any atom is 0.303 e. The predicted molar refractivity (Wildman–Crippen MR) is 71.8 cm³/mol. The Balaban J connectivity index is 2.43. The smallest absolute Gasteiger partial charge is 0.303 e. The highest BCUT2D eigenvalue weighted by Crippen LogP contribution is 2.20. The van der Waals surface area contributed by atoms with Gasteiger partial charge in [-0.15, -0.1) is 0 Å². The summed E-state index contributed by atoms with van der Waals surface area (Å²) in [6.07, 6.45) is 0.361. The first-order valence-corrected chi connectivity index (χ1v) is 6.26. The van der Waals surface area contributed by atoms with E-state index in [1.165, 1.54) is 0 Å². The Labute approximate surface area is 115 Å². The van der Waals surface area contributed by atoms with Gasteiger partial charge >= 0.3 is 5.97 Å². The molecule has 1 aromatic heterocycles. The van der Waals surface area contributed by atoms with E-state index in [9.17, 15) is 4.79 Å². The monoisotopic (exact) mass is 279 g/mol. The lowest BCUT2D eigenvalue weighted by molar-refractivity contribution is -0.137. The van der Waals surface area contributed by atoms with Gasteiger partial charge in [-0.3, -0.25) is 4.79 Å². The molecule has 0 unspecified atom stereocenters. The molecule has 0 aliphatic heterocycles. The Morgan fingerprint density at radius 1 is 1.42 bits per heavy atom. The molecule has 1 N–H and O–H groups in total. The van der Waals surface area contributed by atoms with E-state index in [4.69, 9.17) is 16.7 Å². The molecule has 19 heavy (non-hydrogen) atoms. The highest BCUT2D eigenvalue weighted by Gasteiger charge is 2.13. The molecule has 1 heterocycles. The maximum absolute atomic E-state index is 10.7. The third-order valence-electron chi connectivity index (χ3n) is 2.74. The Morgan fingerprint density at radius 3 is 2.84 bits per heavy atom. The van der Waals surface area contributed by atoms with Crippen LogP contribution in [0.5, 0.6) is 0 Å². The molecule has 100 valence electrons. The molecule has 0 aliphatic carbocycles. The Kier molecular flexibility index (Phi) is 3.85. The number of halogens is 1. The molecule has 2 aromatic rings. The number of aromatic nitrogens is 3. The number of carbonyl (C=O) groups is 1. The van der Waals surface area contributed by atoms with Crippen molar-refractivity contribution in [2.24, 2.45) is 0 Å². The molecule has 0 bridgehead atoms. The molecular formula is C13H14ClN3O2. The molecule has 0 aliphatic rings. The summed E-state index contributed by atoms with van der Waals surface area (Å²) in [5.74, 6) is 0.389. The van der Waals surface area contributed by atoms with Gasteiger partial charge in [-0.1, -0.05) is 17.7 Å². The van der Waals surface area contributed by atoms with Crippen LogP contribution in [0.25, 0.3) is 5.69 Å². The van der Waals surface area contributed by atoms with Gasteiger partial charge in [0, 0.05) is 11.4 Å². The van der Waals surface area contributed by atoms with Gasteiger partial charge in [0.2, 0.25) is 0 Å². The first-order chi connectivity index (χ1) is 8.97. The molecule has 0 atom stereocenters. The summed E-state index contributed by atoms with van der Waals surface area (Å²) < 4.78 is 1.67. The molecule has 0 spiro atoms. The van der Waals surface area contributed by atoms with E-state index >= 15 is 0 Å². The lowest BCUT2D eigenvalue weighted by Gasteiger charge is -2.08. The van der Waals surface area contributed by atoms with Crippen LogP contribution in [-0.4, -0.2) is 25.8 Å². The fraction of sp³-hybridized carbons (Fsp3) is 0.308. The van der Waals surface area contributed by atoms with Crippen molar-refractivity contribution in [2.75, 3.05) is 0 Å². The molecular weight excluding hydrogens is 266 g/mol. The maximum atomic E-state index is 10.7. The van der Waals surface area contributed by atoms with Crippen molar-refractivity contribution >= 4 is 17.6 Å². The molecule has 0 amide bonds. The zero-order valence-electron chi connectivity index (χ0n) is 10.7. The van der Waals surface area contributed by atoms with Crippen LogP contribution in [0.1, 0.15) is 23.6 Å². The van der Waals surface area contributed by atoms with E-state index in [-0.39, 0.29) is 6.42 Å². The number of carboxylic acid groups (broad SMARTS) is 1. The van der Waals surface area contributed by atoms with Crippen LogP contribution < -0.4 is 0 Å². The standard InChI is InChI=1S/C13H14ClN3O2/c1-8-3-4-10(14)7-11(8)17-12(5-6-13(18)19)15-9(2)16-17/h3-4,7H,5-6H2,1-2H3,(H,18,19). The topological polar surface area (TPSA) is 68.0 Å². The van der Waals surface area contributed by atoms with Crippen molar-refractivity contribution in [3.05, 3.63) is 40.4 Å². The van der Waals surface area contributed by atoms with Crippen LogP contribution in [-0.2, 0) is 11.2 Å². The van der Waals surface area contributed by atoms with Crippen molar-refractivity contribution in [3.8, 4) is 5.69 Å². The zero-order valence-corrected chi connectivity index (χ0v) is 11.5. The number of rotatable bonds is 4. The van der Waals surface area contributed by atoms with Gasteiger partial charge < -0.3 is 5.11 Å². The average Bonchev–Trinajstić information content (AvgIpc) is 2.71. The summed E-state index contributed by atoms with van der Waals surface area (Å²) in [4.78, 5) is 14.9. The average molecular weight is 280 g/mol. The number of benzene rings is 1. The number of hydrogen-bond donors (Lipinski definition) is 1. The summed E-state index contributed by atoms with van der Waals surface area (Å²) in [7, 11) is 0. The summed E-state index contributed by atoms with van der Waals surface area (Å²) in [5, 5.41) is 13.7. The van der Waals surface area contributed by atoms with Crippen molar-refractivity contribution in [1.82, 2.24) is 14.8 Å². The van der Waals surface area contributed by atoms with Gasteiger partial charge in [-0.05, 0) is 31.5 Å². The van der Waals surface area contributed by atoms with Crippen molar-refractivity contribution in [1.29, 1.82) is 0 Å². The zero-order chi connectivity index (χ0) is 14.0. The van der Waals surface area contributed by atoms with Crippen LogP contribution in [0.3, 0.4) is 0 Å². The molecule has 6 heteroatoms. The quantitative estimate of drug-likeness (QED) is 0.934. The van der Waals surface area contributed by atoms with Crippen molar-refractivity contribution in [2.45, 2.75) is 26.7 Å². The van der Waals surface area contributed by atoms with Gasteiger partial charge in [-0.25, -0.2) is 9.67 Å². The fourth-order valence-electron chi connectivity index (χ4n) is 1.84. The third kappa shape index (κ3) is 3.12. The first-order valence-electron chi connectivity index (χ1n) is 5.88. The van der Waals surface area contributed by atoms with E-state index in [0.717, 1.165) is 11.3 Å². The van der Waals surface area contributed by atoms with Crippen molar-refractivity contribution in [3.63, 3.8) is 0 Å². The van der Waals surface area contributed by atoms with Gasteiger partial charge in [0.05, 0.1) is 12.1 Å². The number of aryl methyl sites for hydroxylation is 3. The van der Waals surface area contributed by atoms with Crippen LogP contribution in [0.2, 0.25) is 5.02 Å². The van der Waals surface area contributed by atoms with Crippen LogP contribution in [0.15, 0.2) is 18.2 Å².